The maximum Gasteiger partial charge on any atom is 0.321 e. The van der Waals surface area contributed by atoms with Crippen LogP contribution in [0.3, 0.4) is 0 Å². The Labute approximate surface area is 124 Å². The Balaban J connectivity index is 0. The zero-order valence-electron chi connectivity index (χ0n) is 11.9. The molecule has 0 fully saturated rings. The van der Waals surface area contributed by atoms with E-state index in [2.05, 4.69) is 5.14 Å². The van der Waals surface area contributed by atoms with Gasteiger partial charge in [-0.25, -0.2) is 22.0 Å². The second kappa shape index (κ2) is 8.56. The molecular formula is C10H17N3O6S2. The molecule has 0 radical (unpaired) electrons. The predicted octanol–water partition coefficient (Wildman–Crippen LogP) is -0.935. The molecule has 0 atom stereocenters. The van der Waals surface area contributed by atoms with Crippen molar-refractivity contribution in [2.75, 3.05) is 17.3 Å². The highest BCUT2D eigenvalue weighted by Gasteiger charge is 2.22. The van der Waals surface area contributed by atoms with Crippen molar-refractivity contribution in [1.29, 1.82) is 10.5 Å². The van der Waals surface area contributed by atoms with Crippen molar-refractivity contribution in [2.24, 2.45) is 5.14 Å². The van der Waals surface area contributed by atoms with Gasteiger partial charge in [0, 0.05) is 0 Å². The lowest BCUT2D eigenvalue weighted by Gasteiger charge is -2.19. The molecule has 0 rings (SSSR count). The van der Waals surface area contributed by atoms with Crippen molar-refractivity contribution in [3.05, 3.63) is 0 Å². The van der Waals surface area contributed by atoms with E-state index in [1.165, 1.54) is 12.1 Å². The Hall–Kier alpha value is -1.69. The minimum Gasteiger partial charge on any atom is -0.459 e. The van der Waals surface area contributed by atoms with Crippen molar-refractivity contribution >= 4 is 25.8 Å². The molecule has 21 heavy (non-hydrogen) atoms. The predicted molar refractivity (Wildman–Crippen MR) is 73.7 cm³/mol. The highest BCUT2D eigenvalue weighted by Crippen LogP contribution is 2.07. The van der Waals surface area contributed by atoms with Crippen LogP contribution in [-0.4, -0.2) is 45.7 Å². The van der Waals surface area contributed by atoms with Gasteiger partial charge in [-0.15, -0.1) is 0 Å². The molecule has 2 N–H and O–H groups in total. The van der Waals surface area contributed by atoms with E-state index in [4.69, 9.17) is 15.3 Å². The lowest BCUT2D eigenvalue weighted by molar-refractivity contribution is -0.151. The second-order valence-electron chi connectivity index (χ2n) is 4.74. The molecule has 9 nitrogen and oxygen atoms in total. The Morgan fingerprint density at radius 2 is 1.52 bits per heavy atom. The van der Waals surface area contributed by atoms with E-state index in [1.54, 1.807) is 20.8 Å². The molecule has 0 bridgehead atoms. The molecule has 11 heteroatoms. The van der Waals surface area contributed by atoms with Gasteiger partial charge in [-0.1, -0.05) is 0 Å². The molecule has 0 aromatic carbocycles. The third-order valence-corrected chi connectivity index (χ3v) is 3.08. The number of nitriles is 2. The van der Waals surface area contributed by atoms with E-state index >= 15 is 0 Å². The zero-order valence-corrected chi connectivity index (χ0v) is 13.5. The minimum absolute atomic E-state index is 0.604. The summed E-state index contributed by atoms with van der Waals surface area (Å²) in [7, 11) is -7.17. The van der Waals surface area contributed by atoms with Gasteiger partial charge in [0.05, 0.1) is 12.1 Å². The average molecular weight is 339 g/mol. The summed E-state index contributed by atoms with van der Waals surface area (Å²) >= 11 is 0. The number of carbonyl (C=O) groups excluding carboxylic acids is 1. The van der Waals surface area contributed by atoms with Crippen LogP contribution >= 0.6 is 0 Å². The van der Waals surface area contributed by atoms with Gasteiger partial charge in [0.15, 0.2) is 15.6 Å². The Bertz CT molecular complexity index is 632. The molecule has 0 unspecified atom stereocenters. The SMILES string of the molecule is CC(C)(C)OC(=O)CS(=O)(=O)CC#N.N#CCS(N)(=O)=O. The first-order valence-corrected chi connectivity index (χ1v) is 8.93. The van der Waals surface area contributed by atoms with E-state index in [0.29, 0.717) is 0 Å². The molecule has 0 aromatic heterocycles. The number of hydrogen-bond acceptors (Lipinski definition) is 8. The number of nitrogens with zero attached hydrogens (tertiary/aromatic N) is 2. The Kier molecular flexibility index (Phi) is 8.81. The van der Waals surface area contributed by atoms with Gasteiger partial charge >= 0.3 is 5.97 Å². The fraction of sp³-hybridized carbons (Fsp3) is 0.700. The van der Waals surface area contributed by atoms with Gasteiger partial charge in [-0.2, -0.15) is 10.5 Å². The number of sulfonamides is 1. The number of primary sulfonamides is 1. The van der Waals surface area contributed by atoms with E-state index < -0.39 is 48.7 Å². The molecule has 0 aliphatic heterocycles. The number of hydrogen-bond donors (Lipinski definition) is 1. The number of esters is 1. The number of rotatable bonds is 4. The van der Waals surface area contributed by atoms with Crippen molar-refractivity contribution in [1.82, 2.24) is 0 Å². The fourth-order valence-electron chi connectivity index (χ4n) is 0.790. The molecule has 0 spiro atoms. The lowest BCUT2D eigenvalue weighted by Crippen LogP contribution is -2.29. The highest BCUT2D eigenvalue weighted by molar-refractivity contribution is 7.92. The summed E-state index contributed by atoms with van der Waals surface area (Å²) in [5.74, 6) is -2.83. The van der Waals surface area contributed by atoms with Gasteiger partial charge < -0.3 is 4.74 Å². The molecule has 120 valence electrons. The van der Waals surface area contributed by atoms with E-state index in [1.807, 2.05) is 0 Å². The van der Waals surface area contributed by atoms with Crippen LogP contribution in [0.15, 0.2) is 0 Å². The number of sulfone groups is 1. The van der Waals surface area contributed by atoms with Gasteiger partial charge in [-0.05, 0) is 20.8 Å². The second-order valence-corrected chi connectivity index (χ2v) is 8.42. The summed E-state index contributed by atoms with van der Waals surface area (Å²) < 4.78 is 46.4. The maximum absolute atomic E-state index is 11.0. The first-order valence-electron chi connectivity index (χ1n) is 5.39. The molecule has 0 aromatic rings. The average Bonchev–Trinajstić information content (AvgIpc) is 2.10. The Morgan fingerprint density at radius 1 is 1.10 bits per heavy atom. The third-order valence-electron chi connectivity index (χ3n) is 1.31. The maximum atomic E-state index is 11.0. The zero-order chi connectivity index (χ0) is 17.3. The van der Waals surface area contributed by atoms with Crippen LogP contribution in [-0.2, 0) is 29.4 Å². The number of ether oxygens (including phenoxy) is 1. The summed E-state index contributed by atoms with van der Waals surface area (Å²) in [5, 5.41) is 20.3. The van der Waals surface area contributed by atoms with Gasteiger partial charge in [0.2, 0.25) is 10.0 Å². The molecule has 0 heterocycles. The number of carbonyl (C=O) groups is 1. The van der Waals surface area contributed by atoms with Crippen molar-refractivity contribution < 1.29 is 26.4 Å². The Morgan fingerprint density at radius 3 is 1.76 bits per heavy atom. The van der Waals surface area contributed by atoms with Crippen LogP contribution in [0.25, 0.3) is 0 Å². The fourth-order valence-corrected chi connectivity index (χ4v) is 1.69. The third kappa shape index (κ3) is 18.3. The topological polar surface area (TPSA) is 168 Å². The summed E-state index contributed by atoms with van der Waals surface area (Å²) in [4.78, 5) is 11.0. The first kappa shape index (κ1) is 21.6. The molecule has 0 amide bonds. The quantitative estimate of drug-likeness (QED) is 0.640. The smallest absolute Gasteiger partial charge is 0.321 e. The van der Waals surface area contributed by atoms with Crippen LogP contribution in [0.1, 0.15) is 20.8 Å². The molecule has 0 aliphatic carbocycles. The van der Waals surface area contributed by atoms with Gasteiger partial charge in [-0.3, -0.25) is 4.79 Å². The molecular weight excluding hydrogens is 322 g/mol. The van der Waals surface area contributed by atoms with Gasteiger partial charge in [0.25, 0.3) is 0 Å². The summed E-state index contributed by atoms with van der Waals surface area (Å²) in [5.41, 5.74) is -0.709. The number of nitrogens with two attached hydrogens (primary N) is 1. The van der Waals surface area contributed by atoms with Crippen LogP contribution in [0.4, 0.5) is 0 Å². The van der Waals surface area contributed by atoms with Crippen LogP contribution in [0, 0.1) is 22.7 Å². The normalized spacial score (nSPS) is 11.3. The first-order chi connectivity index (χ1) is 9.22. The minimum atomic E-state index is -3.64. The van der Waals surface area contributed by atoms with Crippen LogP contribution < -0.4 is 5.14 Å². The van der Waals surface area contributed by atoms with Crippen LogP contribution in [0.2, 0.25) is 0 Å². The largest absolute Gasteiger partial charge is 0.459 e. The highest BCUT2D eigenvalue weighted by atomic mass is 32.2. The summed E-state index contributed by atoms with van der Waals surface area (Å²) in [6.45, 7) is 4.92. The molecule has 0 saturated carbocycles. The van der Waals surface area contributed by atoms with E-state index in [0.717, 1.165) is 0 Å². The van der Waals surface area contributed by atoms with Gasteiger partial charge in [0.1, 0.15) is 17.1 Å². The summed E-state index contributed by atoms with van der Waals surface area (Å²) in [6, 6.07) is 2.88. The van der Waals surface area contributed by atoms with Crippen LogP contribution in [0.5, 0.6) is 0 Å². The standard InChI is InChI=1S/C8H13NO4S.C2H4N2O2S/c1-8(2,3)13-7(10)6-14(11,12)5-4-9;3-1-2-7(4,5)6/h5-6H2,1-3H3;2H2,(H2,4,5,6). The van der Waals surface area contributed by atoms with E-state index in [9.17, 15) is 21.6 Å². The lowest BCUT2D eigenvalue weighted by atomic mass is 10.2. The summed E-state index contributed by atoms with van der Waals surface area (Å²) in [6.07, 6.45) is 0. The molecule has 0 aliphatic rings. The van der Waals surface area contributed by atoms with Crippen molar-refractivity contribution in [3.63, 3.8) is 0 Å². The van der Waals surface area contributed by atoms with Crippen molar-refractivity contribution in [2.45, 2.75) is 26.4 Å². The van der Waals surface area contributed by atoms with E-state index in [-0.39, 0.29) is 0 Å². The monoisotopic (exact) mass is 339 g/mol. The van der Waals surface area contributed by atoms with Crippen molar-refractivity contribution in [3.8, 4) is 12.1 Å². The molecule has 0 saturated heterocycles.